The van der Waals surface area contributed by atoms with Crippen LogP contribution in [-0.2, 0) is 14.4 Å². The molecule has 0 aliphatic carbocycles. The molecule has 170 valence electrons. The Kier molecular flexibility index (Phi) is 6.72. The van der Waals surface area contributed by atoms with Crippen molar-refractivity contribution in [2.45, 2.75) is 39.2 Å². The Hall–Kier alpha value is -3.48. The van der Waals surface area contributed by atoms with Crippen LogP contribution in [0.2, 0.25) is 5.02 Å². The van der Waals surface area contributed by atoms with Gasteiger partial charge in [-0.3, -0.25) is 19.3 Å². The van der Waals surface area contributed by atoms with Crippen LogP contribution in [0.1, 0.15) is 37.8 Å². The summed E-state index contributed by atoms with van der Waals surface area (Å²) in [6.45, 7) is 5.29. The van der Waals surface area contributed by atoms with Gasteiger partial charge in [-0.1, -0.05) is 11.6 Å². The number of primary amides is 1. The van der Waals surface area contributed by atoms with Gasteiger partial charge >= 0.3 is 0 Å². The minimum atomic E-state index is -1.03. The lowest BCUT2D eigenvalue weighted by Crippen LogP contribution is -2.44. The van der Waals surface area contributed by atoms with Gasteiger partial charge in [0.15, 0.2) is 5.11 Å². The van der Waals surface area contributed by atoms with Gasteiger partial charge in [0.05, 0.1) is 28.0 Å². The highest BCUT2D eigenvalue weighted by Gasteiger charge is 2.50. The summed E-state index contributed by atoms with van der Waals surface area (Å²) < 4.78 is 0. The smallest absolute Gasteiger partial charge is 0.259 e. The van der Waals surface area contributed by atoms with Crippen molar-refractivity contribution in [2.24, 2.45) is 5.73 Å². The Morgan fingerprint density at radius 3 is 2.45 bits per heavy atom. The minimum Gasteiger partial charge on any atom is -0.370 e. The van der Waals surface area contributed by atoms with Gasteiger partial charge in [0.25, 0.3) is 5.91 Å². The number of nitrogens with zero attached hydrogens (tertiary/aromatic N) is 3. The van der Waals surface area contributed by atoms with Gasteiger partial charge in [-0.2, -0.15) is 5.26 Å². The summed E-state index contributed by atoms with van der Waals surface area (Å²) >= 11 is 11.9. The van der Waals surface area contributed by atoms with E-state index in [1.54, 1.807) is 62.1 Å². The summed E-state index contributed by atoms with van der Waals surface area (Å²) in [5.74, 6) is -1.23. The number of thiocarbonyl (C=S) groups is 1. The molecule has 1 aliphatic rings. The summed E-state index contributed by atoms with van der Waals surface area (Å²) in [6.07, 6.45) is -0.159. The Morgan fingerprint density at radius 1 is 1.18 bits per heavy atom. The number of halogens is 1. The second-order valence-electron chi connectivity index (χ2n) is 8.11. The van der Waals surface area contributed by atoms with E-state index in [4.69, 9.17) is 29.6 Å². The molecule has 33 heavy (non-hydrogen) atoms. The van der Waals surface area contributed by atoms with Crippen LogP contribution in [0.25, 0.3) is 0 Å². The number of hydrogen-bond acceptors (Lipinski definition) is 5. The predicted octanol–water partition coefficient (Wildman–Crippen LogP) is 3.64. The normalized spacial score (nSPS) is 14.9. The van der Waals surface area contributed by atoms with Crippen LogP contribution in [-0.4, -0.2) is 28.4 Å². The van der Waals surface area contributed by atoms with E-state index in [9.17, 15) is 19.6 Å². The molecule has 0 radical (unpaired) electrons. The molecule has 2 aromatic rings. The molecule has 1 saturated heterocycles. The molecule has 8 nitrogen and oxygen atoms in total. The summed E-state index contributed by atoms with van der Waals surface area (Å²) in [7, 11) is 0. The third kappa shape index (κ3) is 4.67. The standard InChI is InChI=1S/C23H22ClN5O3S/c1-13-10-15(5-4-14(13)12-25)28-21(32)23(2,3)29(22(28)33)16-6-7-17(24)18(11-16)27-20(31)9-8-19(26)30/h4-7,10-11H,8-9H2,1-3H3,(H2,26,30)(H,27,31). The van der Waals surface area contributed by atoms with Gasteiger partial charge in [-0.05, 0) is 75.0 Å². The first-order valence-corrected chi connectivity index (χ1v) is 10.8. The zero-order valence-electron chi connectivity index (χ0n) is 18.3. The summed E-state index contributed by atoms with van der Waals surface area (Å²) in [5, 5.41) is 12.4. The monoisotopic (exact) mass is 483 g/mol. The van der Waals surface area contributed by atoms with Gasteiger partial charge in [-0.15, -0.1) is 0 Å². The molecule has 0 unspecified atom stereocenters. The number of benzene rings is 2. The highest BCUT2D eigenvalue weighted by Crippen LogP contribution is 2.39. The van der Waals surface area contributed by atoms with Gasteiger partial charge in [0, 0.05) is 18.5 Å². The minimum absolute atomic E-state index is 0.0756. The lowest BCUT2D eigenvalue weighted by molar-refractivity contribution is -0.122. The van der Waals surface area contributed by atoms with Crippen molar-refractivity contribution in [3.8, 4) is 6.07 Å². The van der Waals surface area contributed by atoms with Crippen LogP contribution in [0.3, 0.4) is 0 Å². The van der Waals surface area contributed by atoms with E-state index in [0.29, 0.717) is 27.6 Å². The average molecular weight is 484 g/mol. The van der Waals surface area contributed by atoms with E-state index >= 15 is 0 Å². The van der Waals surface area contributed by atoms with Crippen molar-refractivity contribution in [1.82, 2.24) is 0 Å². The Bertz CT molecular complexity index is 1220. The predicted molar refractivity (Wildman–Crippen MR) is 131 cm³/mol. The molecule has 0 spiro atoms. The SMILES string of the molecule is Cc1cc(N2C(=O)C(C)(C)N(c3ccc(Cl)c(NC(=O)CCC(N)=O)c3)C2=S)ccc1C#N. The van der Waals surface area contributed by atoms with Crippen molar-refractivity contribution in [1.29, 1.82) is 5.26 Å². The van der Waals surface area contributed by atoms with Crippen LogP contribution in [0.5, 0.6) is 0 Å². The van der Waals surface area contributed by atoms with E-state index in [2.05, 4.69) is 11.4 Å². The molecule has 3 rings (SSSR count). The maximum atomic E-state index is 13.4. The molecule has 0 atom stereocenters. The highest BCUT2D eigenvalue weighted by atomic mass is 35.5. The first-order valence-electron chi connectivity index (χ1n) is 10.0. The van der Waals surface area contributed by atoms with Crippen LogP contribution in [0, 0.1) is 18.3 Å². The van der Waals surface area contributed by atoms with Crippen molar-refractivity contribution in [3.05, 3.63) is 52.5 Å². The Balaban J connectivity index is 1.96. The highest BCUT2D eigenvalue weighted by molar-refractivity contribution is 7.81. The third-order valence-corrected chi connectivity index (χ3v) is 6.03. The second-order valence-corrected chi connectivity index (χ2v) is 8.88. The Labute approximate surface area is 201 Å². The van der Waals surface area contributed by atoms with Gasteiger partial charge in [0.2, 0.25) is 11.8 Å². The first-order chi connectivity index (χ1) is 15.5. The average Bonchev–Trinajstić information content (AvgIpc) is 2.92. The molecule has 0 aromatic heterocycles. The lowest BCUT2D eigenvalue weighted by atomic mass is 10.0. The van der Waals surface area contributed by atoms with Crippen molar-refractivity contribution >= 4 is 63.7 Å². The molecule has 0 saturated carbocycles. The van der Waals surface area contributed by atoms with Crippen LogP contribution in [0.4, 0.5) is 17.1 Å². The van der Waals surface area contributed by atoms with Crippen molar-refractivity contribution < 1.29 is 14.4 Å². The van der Waals surface area contributed by atoms with Gasteiger partial charge in [-0.25, -0.2) is 0 Å². The summed E-state index contributed by atoms with van der Waals surface area (Å²) in [5.41, 5.74) is 6.75. The molecule has 1 aliphatic heterocycles. The Morgan fingerprint density at radius 2 is 1.85 bits per heavy atom. The van der Waals surface area contributed by atoms with E-state index in [0.717, 1.165) is 5.56 Å². The van der Waals surface area contributed by atoms with Gasteiger partial charge < -0.3 is 16.0 Å². The number of carbonyl (C=O) groups is 3. The number of nitriles is 1. The number of carbonyl (C=O) groups excluding carboxylic acids is 3. The largest absolute Gasteiger partial charge is 0.370 e. The first kappa shape index (κ1) is 24.2. The van der Waals surface area contributed by atoms with Gasteiger partial charge in [0.1, 0.15) is 5.54 Å². The second kappa shape index (κ2) is 9.17. The molecular formula is C23H22ClN5O3S. The number of anilines is 3. The fourth-order valence-corrected chi connectivity index (χ4v) is 4.25. The molecule has 3 amide bonds. The number of rotatable bonds is 6. The topological polar surface area (TPSA) is 120 Å². The van der Waals surface area contributed by atoms with Crippen LogP contribution >= 0.6 is 23.8 Å². The van der Waals surface area contributed by atoms with Crippen LogP contribution < -0.4 is 20.9 Å². The molecule has 3 N–H and O–H groups in total. The molecular weight excluding hydrogens is 462 g/mol. The molecule has 0 bridgehead atoms. The quantitative estimate of drug-likeness (QED) is 0.605. The fraction of sp³-hybridized carbons (Fsp3) is 0.261. The number of nitrogens with two attached hydrogens (primary N) is 1. The molecule has 10 heteroatoms. The van der Waals surface area contributed by atoms with E-state index in [1.165, 1.54) is 4.90 Å². The molecule has 1 heterocycles. The lowest BCUT2D eigenvalue weighted by Gasteiger charge is -2.30. The van der Waals surface area contributed by atoms with E-state index in [1.807, 2.05) is 0 Å². The number of nitrogens with one attached hydrogen (secondary N) is 1. The zero-order valence-corrected chi connectivity index (χ0v) is 19.9. The maximum Gasteiger partial charge on any atom is 0.259 e. The van der Waals surface area contributed by atoms with Crippen LogP contribution in [0.15, 0.2) is 36.4 Å². The van der Waals surface area contributed by atoms with Crippen molar-refractivity contribution in [3.63, 3.8) is 0 Å². The zero-order chi connectivity index (χ0) is 24.5. The summed E-state index contributed by atoms with van der Waals surface area (Å²) in [6, 6.07) is 12.1. The van der Waals surface area contributed by atoms with Crippen molar-refractivity contribution in [2.75, 3.05) is 15.1 Å². The maximum absolute atomic E-state index is 13.4. The van der Waals surface area contributed by atoms with E-state index in [-0.39, 0.29) is 23.9 Å². The molecule has 1 fully saturated rings. The third-order valence-electron chi connectivity index (χ3n) is 5.34. The number of amides is 3. The fourth-order valence-electron chi connectivity index (χ4n) is 3.57. The summed E-state index contributed by atoms with van der Waals surface area (Å²) in [4.78, 5) is 39.6. The number of hydrogen-bond donors (Lipinski definition) is 2. The molecule has 2 aromatic carbocycles. The number of aryl methyl sites for hydroxylation is 1. The van der Waals surface area contributed by atoms with E-state index < -0.39 is 17.4 Å².